The predicted molar refractivity (Wildman–Crippen MR) is 89.3 cm³/mol. The number of methoxy groups -OCH3 is 1. The minimum Gasteiger partial charge on any atom is -0.504 e. The van der Waals surface area contributed by atoms with Gasteiger partial charge in [-0.2, -0.15) is 0 Å². The van der Waals surface area contributed by atoms with Crippen LogP contribution >= 0.6 is 11.6 Å². The van der Waals surface area contributed by atoms with Gasteiger partial charge in [-0.3, -0.25) is 9.69 Å². The summed E-state index contributed by atoms with van der Waals surface area (Å²) in [5, 5.41) is 9.92. The van der Waals surface area contributed by atoms with Crippen LogP contribution in [0.1, 0.15) is 38.1 Å². The van der Waals surface area contributed by atoms with E-state index in [1.165, 1.54) is 26.3 Å². The lowest BCUT2D eigenvalue weighted by atomic mass is 10.1. The number of phenols is 1. The van der Waals surface area contributed by atoms with Crippen LogP contribution < -0.4 is 4.74 Å². The van der Waals surface area contributed by atoms with Crippen LogP contribution in [0.4, 0.5) is 4.79 Å². The van der Waals surface area contributed by atoms with Crippen molar-refractivity contribution in [3.05, 3.63) is 22.7 Å². The molecule has 128 valence electrons. The fraction of sp³-hybridized carbons (Fsp3) is 0.500. The van der Waals surface area contributed by atoms with Crippen LogP contribution in [0.2, 0.25) is 5.02 Å². The zero-order valence-electron chi connectivity index (χ0n) is 14.3. The molecule has 0 aromatic heterocycles. The van der Waals surface area contributed by atoms with Crippen LogP contribution in [0.15, 0.2) is 12.1 Å². The van der Waals surface area contributed by atoms with Crippen LogP contribution in [0.3, 0.4) is 0 Å². The number of imide groups is 1. The van der Waals surface area contributed by atoms with Gasteiger partial charge < -0.3 is 14.7 Å². The molecular weight excluding hydrogens is 320 g/mol. The van der Waals surface area contributed by atoms with Crippen molar-refractivity contribution in [3.63, 3.8) is 0 Å². The molecule has 0 aliphatic heterocycles. The van der Waals surface area contributed by atoms with Crippen LogP contribution in [0.25, 0.3) is 0 Å². The summed E-state index contributed by atoms with van der Waals surface area (Å²) >= 11 is 6.06. The highest BCUT2D eigenvalue weighted by Crippen LogP contribution is 2.32. The highest BCUT2D eigenvalue weighted by molar-refractivity contribution is 6.34. The second-order valence-corrected chi connectivity index (χ2v) is 6.15. The van der Waals surface area contributed by atoms with Gasteiger partial charge in [0.25, 0.3) is 5.91 Å². The van der Waals surface area contributed by atoms with Gasteiger partial charge in [-0.1, -0.05) is 11.6 Å². The van der Waals surface area contributed by atoms with Crippen LogP contribution in [-0.2, 0) is 0 Å². The molecule has 0 fully saturated rings. The minimum absolute atomic E-state index is 0.0354. The van der Waals surface area contributed by atoms with Crippen molar-refractivity contribution in [1.29, 1.82) is 0 Å². The molecule has 0 bridgehead atoms. The molecule has 1 aromatic carbocycles. The van der Waals surface area contributed by atoms with Gasteiger partial charge in [-0.25, -0.2) is 4.79 Å². The molecule has 0 unspecified atom stereocenters. The number of urea groups is 1. The van der Waals surface area contributed by atoms with E-state index in [9.17, 15) is 14.7 Å². The second-order valence-electron chi connectivity index (χ2n) is 5.75. The lowest BCUT2D eigenvalue weighted by Gasteiger charge is -2.33. The molecule has 3 amide bonds. The first-order chi connectivity index (χ1) is 10.6. The van der Waals surface area contributed by atoms with Gasteiger partial charge >= 0.3 is 6.03 Å². The quantitative estimate of drug-likeness (QED) is 0.910. The number of hydrogen-bond donors (Lipinski definition) is 1. The third-order valence-electron chi connectivity index (χ3n) is 3.42. The average Bonchev–Trinajstić information content (AvgIpc) is 2.46. The molecule has 1 aromatic rings. The van der Waals surface area contributed by atoms with Gasteiger partial charge in [-0.15, -0.1) is 0 Å². The molecular formula is C16H23ClN2O4. The van der Waals surface area contributed by atoms with Gasteiger partial charge in [0, 0.05) is 25.2 Å². The van der Waals surface area contributed by atoms with E-state index >= 15 is 0 Å². The van der Waals surface area contributed by atoms with E-state index in [1.54, 1.807) is 4.90 Å². The molecule has 0 saturated carbocycles. The molecule has 23 heavy (non-hydrogen) atoms. The van der Waals surface area contributed by atoms with Gasteiger partial charge in [0.2, 0.25) is 0 Å². The maximum atomic E-state index is 12.6. The fourth-order valence-electron chi connectivity index (χ4n) is 2.35. The van der Waals surface area contributed by atoms with E-state index in [-0.39, 0.29) is 34.2 Å². The monoisotopic (exact) mass is 342 g/mol. The molecule has 0 aliphatic rings. The lowest BCUT2D eigenvalue weighted by molar-refractivity contribution is 0.0763. The standard InChI is InChI=1S/C16H23ClN2O4/c1-9(2)19(10(3)4)16(22)18(5)15(21)11-7-13(20)14(23-6)8-12(11)17/h7-10,20H,1-6H3. The maximum absolute atomic E-state index is 12.6. The Labute approximate surface area is 141 Å². The highest BCUT2D eigenvalue weighted by Gasteiger charge is 2.29. The summed E-state index contributed by atoms with van der Waals surface area (Å²) in [6.07, 6.45) is 0. The van der Waals surface area contributed by atoms with Crippen molar-refractivity contribution in [2.45, 2.75) is 39.8 Å². The second kappa shape index (κ2) is 7.55. The Hall–Kier alpha value is -1.95. The van der Waals surface area contributed by atoms with E-state index in [2.05, 4.69) is 0 Å². The number of rotatable bonds is 4. The molecule has 7 heteroatoms. The average molecular weight is 343 g/mol. The third-order valence-corrected chi connectivity index (χ3v) is 3.74. The van der Waals surface area contributed by atoms with E-state index in [4.69, 9.17) is 16.3 Å². The van der Waals surface area contributed by atoms with Crippen LogP contribution in [-0.4, -0.2) is 53.1 Å². The Morgan fingerprint density at radius 2 is 1.70 bits per heavy atom. The van der Waals surface area contributed by atoms with Crippen LogP contribution in [0, 0.1) is 0 Å². The molecule has 0 atom stereocenters. The van der Waals surface area contributed by atoms with E-state index in [1.807, 2.05) is 27.7 Å². The van der Waals surface area contributed by atoms with Crippen molar-refractivity contribution < 1.29 is 19.4 Å². The topological polar surface area (TPSA) is 70.1 Å². The lowest BCUT2D eigenvalue weighted by Crippen LogP contribution is -2.50. The number of carbonyl (C=O) groups excluding carboxylic acids is 2. The Morgan fingerprint density at radius 1 is 1.17 bits per heavy atom. The first-order valence-corrected chi connectivity index (χ1v) is 7.66. The van der Waals surface area contributed by atoms with E-state index < -0.39 is 11.9 Å². The number of benzene rings is 1. The molecule has 0 saturated heterocycles. The number of carbonyl (C=O) groups is 2. The largest absolute Gasteiger partial charge is 0.504 e. The summed E-state index contributed by atoms with van der Waals surface area (Å²) in [5.74, 6) is -0.651. The van der Waals surface area contributed by atoms with E-state index in [0.717, 1.165) is 4.90 Å². The van der Waals surface area contributed by atoms with Crippen molar-refractivity contribution in [1.82, 2.24) is 9.80 Å². The molecule has 0 aliphatic carbocycles. The first kappa shape index (κ1) is 19.1. The van der Waals surface area contributed by atoms with Crippen LogP contribution in [0.5, 0.6) is 11.5 Å². The van der Waals surface area contributed by atoms with Crippen molar-refractivity contribution in [3.8, 4) is 11.5 Å². The summed E-state index contributed by atoms with van der Waals surface area (Å²) in [5.41, 5.74) is 0.0354. The first-order valence-electron chi connectivity index (χ1n) is 7.28. The zero-order chi connectivity index (χ0) is 17.9. The number of halogens is 1. The Bertz CT molecular complexity index is 594. The Kier molecular flexibility index (Phi) is 6.27. The summed E-state index contributed by atoms with van der Waals surface area (Å²) in [6, 6.07) is 1.99. The summed E-state index contributed by atoms with van der Waals surface area (Å²) in [7, 11) is 2.77. The number of phenolic OH excluding ortho intramolecular Hbond substituents is 1. The smallest absolute Gasteiger partial charge is 0.327 e. The summed E-state index contributed by atoms with van der Waals surface area (Å²) in [4.78, 5) is 27.7. The fourth-order valence-corrected chi connectivity index (χ4v) is 2.58. The van der Waals surface area contributed by atoms with Gasteiger partial charge in [-0.05, 0) is 33.8 Å². The molecule has 6 nitrogen and oxygen atoms in total. The van der Waals surface area contributed by atoms with Gasteiger partial charge in [0.1, 0.15) is 0 Å². The van der Waals surface area contributed by atoms with Crippen molar-refractivity contribution >= 4 is 23.5 Å². The number of nitrogens with zero attached hydrogens (tertiary/aromatic N) is 2. The normalized spacial score (nSPS) is 10.8. The molecule has 0 spiro atoms. The molecule has 1 N–H and O–H groups in total. The van der Waals surface area contributed by atoms with Crippen molar-refractivity contribution in [2.24, 2.45) is 0 Å². The molecule has 0 radical (unpaired) electrons. The molecule has 0 heterocycles. The number of amides is 3. The zero-order valence-corrected chi connectivity index (χ0v) is 15.0. The maximum Gasteiger partial charge on any atom is 0.327 e. The van der Waals surface area contributed by atoms with E-state index in [0.29, 0.717) is 0 Å². The highest BCUT2D eigenvalue weighted by atomic mass is 35.5. The SMILES string of the molecule is COc1cc(Cl)c(C(=O)N(C)C(=O)N(C(C)C)C(C)C)cc1O. The predicted octanol–water partition coefficient (Wildman–Crippen LogP) is 3.37. The number of ether oxygens (including phenoxy) is 1. The molecule has 1 rings (SSSR count). The Morgan fingerprint density at radius 3 is 2.13 bits per heavy atom. The minimum atomic E-state index is -0.593. The number of aromatic hydroxyl groups is 1. The van der Waals surface area contributed by atoms with Gasteiger partial charge in [0.05, 0.1) is 17.7 Å². The van der Waals surface area contributed by atoms with Gasteiger partial charge in [0.15, 0.2) is 11.5 Å². The third kappa shape index (κ3) is 4.07. The van der Waals surface area contributed by atoms with Crippen molar-refractivity contribution in [2.75, 3.05) is 14.2 Å². The number of hydrogen-bond acceptors (Lipinski definition) is 4. The Balaban J connectivity index is 3.14. The summed E-state index contributed by atoms with van der Waals surface area (Å²) in [6.45, 7) is 7.51. The summed E-state index contributed by atoms with van der Waals surface area (Å²) < 4.78 is 4.94.